The summed E-state index contributed by atoms with van der Waals surface area (Å²) in [6.07, 6.45) is 2.63. The van der Waals surface area contributed by atoms with Crippen LogP contribution in [0.15, 0.2) is 41.0 Å². The van der Waals surface area contributed by atoms with Crippen LogP contribution in [0.25, 0.3) is 0 Å². The Bertz CT molecular complexity index is 493. The lowest BCUT2D eigenvalue weighted by atomic mass is 10.0. The van der Waals surface area contributed by atoms with E-state index in [9.17, 15) is 0 Å². The van der Waals surface area contributed by atoms with Gasteiger partial charge in [0.15, 0.2) is 0 Å². The number of aromatic nitrogens is 2. The van der Waals surface area contributed by atoms with Gasteiger partial charge in [-0.25, -0.2) is 0 Å². The summed E-state index contributed by atoms with van der Waals surface area (Å²) >= 11 is 3.47. The zero-order valence-corrected chi connectivity index (χ0v) is 11.4. The molecule has 0 saturated carbocycles. The molecule has 0 amide bonds. The Labute approximate surface area is 110 Å². The van der Waals surface area contributed by atoms with Gasteiger partial charge in [-0.05, 0) is 37.1 Å². The van der Waals surface area contributed by atoms with E-state index >= 15 is 0 Å². The van der Waals surface area contributed by atoms with Crippen molar-refractivity contribution in [2.45, 2.75) is 25.9 Å². The lowest BCUT2D eigenvalue weighted by molar-refractivity contribution is 0.568. The van der Waals surface area contributed by atoms with E-state index in [-0.39, 0.29) is 6.04 Å². The molecule has 2 rings (SSSR count). The molecule has 17 heavy (non-hydrogen) atoms. The van der Waals surface area contributed by atoms with Crippen molar-refractivity contribution in [3.63, 3.8) is 0 Å². The van der Waals surface area contributed by atoms with Gasteiger partial charge < -0.3 is 5.73 Å². The molecule has 1 unspecified atom stereocenters. The molecule has 1 aromatic carbocycles. The van der Waals surface area contributed by atoms with E-state index in [0.29, 0.717) is 0 Å². The third-order valence-corrected chi connectivity index (χ3v) is 3.27. The molecule has 0 saturated heterocycles. The van der Waals surface area contributed by atoms with Crippen LogP contribution >= 0.6 is 15.9 Å². The summed E-state index contributed by atoms with van der Waals surface area (Å²) < 4.78 is 3.04. The second-order valence-electron chi connectivity index (χ2n) is 4.01. The number of hydrogen-bond acceptors (Lipinski definition) is 2. The Kier molecular flexibility index (Phi) is 3.97. The zero-order chi connectivity index (χ0) is 12.3. The molecule has 2 aromatic rings. The van der Waals surface area contributed by atoms with Gasteiger partial charge in [-0.2, -0.15) is 5.10 Å². The third kappa shape index (κ3) is 2.96. The molecule has 0 bridgehead atoms. The first-order valence-electron chi connectivity index (χ1n) is 5.72. The average molecular weight is 294 g/mol. The summed E-state index contributed by atoms with van der Waals surface area (Å²) in [4.78, 5) is 0. The topological polar surface area (TPSA) is 43.8 Å². The number of aryl methyl sites for hydroxylation is 1. The molecule has 1 aromatic heterocycles. The monoisotopic (exact) mass is 293 g/mol. The van der Waals surface area contributed by atoms with Crippen molar-refractivity contribution in [2.75, 3.05) is 0 Å². The SMILES string of the molecule is CCn1nccc1C(N)Cc1cccc(Br)c1. The largest absolute Gasteiger partial charge is 0.322 e. The maximum Gasteiger partial charge on any atom is 0.0554 e. The van der Waals surface area contributed by atoms with Crippen LogP contribution in [0, 0.1) is 0 Å². The van der Waals surface area contributed by atoms with E-state index in [1.807, 2.05) is 22.9 Å². The maximum absolute atomic E-state index is 6.22. The van der Waals surface area contributed by atoms with Gasteiger partial charge >= 0.3 is 0 Å². The summed E-state index contributed by atoms with van der Waals surface area (Å²) in [6, 6.07) is 10.2. The minimum absolute atomic E-state index is 0.00764. The molecule has 1 atom stereocenters. The van der Waals surface area contributed by atoms with Crippen LogP contribution in [0.3, 0.4) is 0 Å². The molecular weight excluding hydrogens is 278 g/mol. The highest BCUT2D eigenvalue weighted by atomic mass is 79.9. The van der Waals surface area contributed by atoms with Gasteiger partial charge in [0.1, 0.15) is 0 Å². The first kappa shape index (κ1) is 12.3. The van der Waals surface area contributed by atoms with Gasteiger partial charge in [-0.1, -0.05) is 28.1 Å². The number of nitrogens with two attached hydrogens (primary N) is 1. The maximum atomic E-state index is 6.22. The smallest absolute Gasteiger partial charge is 0.0554 e. The van der Waals surface area contributed by atoms with Crippen LogP contribution in [0.1, 0.15) is 24.2 Å². The molecule has 0 radical (unpaired) electrons. The molecule has 0 spiro atoms. The molecular formula is C13H16BrN3. The second-order valence-corrected chi connectivity index (χ2v) is 4.93. The van der Waals surface area contributed by atoms with E-state index in [4.69, 9.17) is 5.73 Å². The van der Waals surface area contributed by atoms with E-state index in [1.54, 1.807) is 6.20 Å². The van der Waals surface area contributed by atoms with Gasteiger partial charge in [-0.15, -0.1) is 0 Å². The van der Waals surface area contributed by atoms with Crippen molar-refractivity contribution in [1.29, 1.82) is 0 Å². The summed E-state index contributed by atoms with van der Waals surface area (Å²) in [7, 11) is 0. The van der Waals surface area contributed by atoms with Crippen LogP contribution in [0.5, 0.6) is 0 Å². The van der Waals surface area contributed by atoms with E-state index in [1.165, 1.54) is 5.56 Å². The van der Waals surface area contributed by atoms with Crippen LogP contribution in [0.4, 0.5) is 0 Å². The van der Waals surface area contributed by atoms with E-state index in [0.717, 1.165) is 23.1 Å². The first-order valence-corrected chi connectivity index (χ1v) is 6.51. The molecule has 3 nitrogen and oxygen atoms in total. The first-order chi connectivity index (χ1) is 8.20. The summed E-state index contributed by atoms with van der Waals surface area (Å²) in [6.45, 7) is 2.93. The molecule has 90 valence electrons. The lowest BCUT2D eigenvalue weighted by Crippen LogP contribution is -2.18. The minimum Gasteiger partial charge on any atom is -0.322 e. The van der Waals surface area contributed by atoms with Crippen LogP contribution < -0.4 is 5.73 Å². The van der Waals surface area contributed by atoms with Crippen molar-refractivity contribution < 1.29 is 0 Å². The summed E-state index contributed by atoms with van der Waals surface area (Å²) in [5, 5.41) is 4.24. The van der Waals surface area contributed by atoms with Crippen molar-refractivity contribution in [3.8, 4) is 0 Å². The Morgan fingerprint density at radius 1 is 1.41 bits per heavy atom. The minimum atomic E-state index is -0.00764. The Balaban J connectivity index is 2.14. The van der Waals surface area contributed by atoms with Crippen molar-refractivity contribution in [3.05, 3.63) is 52.3 Å². The fourth-order valence-corrected chi connectivity index (χ4v) is 2.39. The number of rotatable bonds is 4. The van der Waals surface area contributed by atoms with Crippen molar-refractivity contribution in [1.82, 2.24) is 9.78 Å². The third-order valence-electron chi connectivity index (χ3n) is 2.77. The Morgan fingerprint density at radius 2 is 2.24 bits per heavy atom. The number of hydrogen-bond donors (Lipinski definition) is 1. The van der Waals surface area contributed by atoms with Gasteiger partial charge in [0, 0.05) is 17.2 Å². The van der Waals surface area contributed by atoms with E-state index < -0.39 is 0 Å². The summed E-state index contributed by atoms with van der Waals surface area (Å²) in [5.74, 6) is 0. The average Bonchev–Trinajstić information content (AvgIpc) is 2.77. The molecule has 0 aliphatic rings. The van der Waals surface area contributed by atoms with Gasteiger partial charge in [0.2, 0.25) is 0 Å². The van der Waals surface area contributed by atoms with Crippen molar-refractivity contribution in [2.24, 2.45) is 5.73 Å². The summed E-state index contributed by atoms with van der Waals surface area (Å²) in [5.41, 5.74) is 8.54. The highest BCUT2D eigenvalue weighted by molar-refractivity contribution is 9.10. The van der Waals surface area contributed by atoms with Gasteiger partial charge in [0.25, 0.3) is 0 Å². The second kappa shape index (κ2) is 5.47. The number of benzene rings is 1. The zero-order valence-electron chi connectivity index (χ0n) is 9.81. The van der Waals surface area contributed by atoms with Crippen LogP contribution in [0.2, 0.25) is 0 Å². The van der Waals surface area contributed by atoms with Crippen LogP contribution in [-0.2, 0) is 13.0 Å². The fourth-order valence-electron chi connectivity index (χ4n) is 1.94. The highest BCUT2D eigenvalue weighted by Crippen LogP contribution is 2.18. The van der Waals surface area contributed by atoms with Crippen molar-refractivity contribution >= 4 is 15.9 Å². The normalized spacial score (nSPS) is 12.6. The molecule has 2 N–H and O–H groups in total. The molecule has 0 aliphatic heterocycles. The molecule has 0 aliphatic carbocycles. The number of halogens is 1. The quantitative estimate of drug-likeness (QED) is 0.942. The fraction of sp³-hybridized carbons (Fsp3) is 0.308. The molecule has 0 fully saturated rings. The van der Waals surface area contributed by atoms with Gasteiger partial charge in [-0.3, -0.25) is 4.68 Å². The number of nitrogens with zero attached hydrogens (tertiary/aromatic N) is 2. The Morgan fingerprint density at radius 3 is 2.94 bits per heavy atom. The predicted molar refractivity (Wildman–Crippen MR) is 72.7 cm³/mol. The predicted octanol–water partition coefficient (Wildman–Crippen LogP) is 2.91. The van der Waals surface area contributed by atoms with Gasteiger partial charge in [0.05, 0.1) is 11.7 Å². The van der Waals surface area contributed by atoms with Crippen LogP contribution in [-0.4, -0.2) is 9.78 Å². The molecule has 1 heterocycles. The lowest BCUT2D eigenvalue weighted by Gasteiger charge is -2.13. The highest BCUT2D eigenvalue weighted by Gasteiger charge is 2.11. The standard InChI is InChI=1S/C13H16BrN3/c1-2-17-13(6-7-16-17)12(15)9-10-4-3-5-11(14)8-10/h3-8,12H,2,9,15H2,1H3. The Hall–Kier alpha value is -1.13. The van der Waals surface area contributed by atoms with E-state index in [2.05, 4.69) is 40.1 Å². The molecule has 4 heteroatoms.